The molecule has 0 amide bonds. The normalized spacial score (nSPS) is 17.2. The van der Waals surface area contributed by atoms with Gasteiger partial charge in [0, 0.05) is 6.42 Å². The van der Waals surface area contributed by atoms with Gasteiger partial charge in [0.05, 0.1) is 13.2 Å². The Hall–Kier alpha value is 0.529. The second-order valence-electron chi connectivity index (χ2n) is 5.78. The predicted octanol–water partition coefficient (Wildman–Crippen LogP) is -6.82. The van der Waals surface area contributed by atoms with Crippen molar-refractivity contribution in [2.45, 2.75) is 62.2 Å². The molecule has 16 nitrogen and oxygen atoms in total. The van der Waals surface area contributed by atoms with Crippen molar-refractivity contribution in [1.82, 2.24) is 0 Å². The molecule has 0 aliphatic heterocycles. The molecule has 0 saturated carbocycles. The Bertz CT molecular complexity index is 504. The molecule has 0 aromatic carbocycles. The van der Waals surface area contributed by atoms with Crippen LogP contribution in [0.5, 0.6) is 0 Å². The minimum Gasteiger partial charge on any atom is -1.00 e. The van der Waals surface area contributed by atoms with Crippen LogP contribution in [-0.4, -0.2) is 222 Å². The monoisotopic (exact) mass is 550 g/mol. The van der Waals surface area contributed by atoms with E-state index in [9.17, 15) is 14.4 Å². The molecule has 0 rings (SSSR count). The molecule has 13 N–H and O–H groups in total. The average Bonchev–Trinajstić information content (AvgIpc) is 2.75. The fraction of sp³-hybridized carbons (Fsp3) is 0.800. The Morgan fingerprint density at radius 1 is 0.606 bits per heavy atom. The van der Waals surface area contributed by atoms with Gasteiger partial charge in [-0.25, -0.2) is 9.59 Å². The van der Waals surface area contributed by atoms with Crippen LogP contribution in [0.25, 0.3) is 0 Å². The van der Waals surface area contributed by atoms with Gasteiger partial charge in [-0.05, 0) is 0 Å². The number of rotatable bonds is 11. The molecule has 0 radical (unpaired) electrons. The van der Waals surface area contributed by atoms with Gasteiger partial charge in [0.25, 0.3) is 0 Å². The van der Waals surface area contributed by atoms with E-state index in [0.717, 1.165) is 0 Å². The fourth-order valence-electron chi connectivity index (χ4n) is 1.34. The zero-order valence-corrected chi connectivity index (χ0v) is 22.1. The number of hydrogen-bond donors (Lipinski definition) is 13. The van der Waals surface area contributed by atoms with Gasteiger partial charge in [-0.1, -0.05) is 6.92 Å². The van der Waals surface area contributed by atoms with E-state index in [-0.39, 0.29) is 87.6 Å². The van der Waals surface area contributed by atoms with E-state index in [1.807, 2.05) is 0 Å². The molecule has 0 heterocycles. The Balaban J connectivity index is -0.0000000450. The molecule has 33 heavy (non-hydrogen) atoms. The van der Waals surface area contributed by atoms with E-state index in [4.69, 9.17) is 66.4 Å². The van der Waals surface area contributed by atoms with E-state index in [2.05, 4.69) is 0 Å². The van der Waals surface area contributed by atoms with Gasteiger partial charge in [-0.2, -0.15) is 0 Å². The number of aliphatic hydroxyl groups excluding tert-OH is 10. The first-order valence-corrected chi connectivity index (χ1v) is 8.44. The molecule has 0 aromatic heterocycles. The van der Waals surface area contributed by atoms with Gasteiger partial charge in [0.15, 0.2) is 12.2 Å². The molecule has 0 bridgehead atoms. The molecule has 194 valence electrons. The number of carboxylic acid groups (broad SMARTS) is 3. The van der Waals surface area contributed by atoms with Crippen molar-refractivity contribution >= 4 is 93.4 Å². The van der Waals surface area contributed by atoms with Crippen LogP contribution in [0.3, 0.4) is 0 Å². The van der Waals surface area contributed by atoms with E-state index in [1.165, 1.54) is 0 Å². The Morgan fingerprint density at radius 3 is 0.939 bits per heavy atom. The Kier molecular flexibility index (Phi) is 32.0. The molecule has 0 aliphatic carbocycles. The summed E-state index contributed by atoms with van der Waals surface area (Å²) >= 11 is 0. The molecule has 0 unspecified atom stereocenters. The van der Waals surface area contributed by atoms with Crippen LogP contribution in [0, 0.1) is 0 Å². The fourth-order valence-corrected chi connectivity index (χ4v) is 1.34. The molecule has 0 saturated heterocycles. The summed E-state index contributed by atoms with van der Waals surface area (Å²) in [5.74, 6) is -4.20. The second kappa shape index (κ2) is 24.2. The first-order chi connectivity index (χ1) is 14.1. The minimum absolute atomic E-state index is 0. The maximum absolute atomic E-state index is 10.1. The van der Waals surface area contributed by atoms with E-state index >= 15 is 0 Å². The summed E-state index contributed by atoms with van der Waals surface area (Å²) in [6.45, 7) is -0.0858. The van der Waals surface area contributed by atoms with Crippen LogP contribution in [0.1, 0.15) is 19.1 Å². The average molecular weight is 551 g/mol. The first-order valence-electron chi connectivity index (χ1n) is 8.44. The number of aliphatic hydroxyl groups is 10. The number of carboxylic acids is 3. The van der Waals surface area contributed by atoms with Crippen molar-refractivity contribution in [2.75, 3.05) is 13.2 Å². The van der Waals surface area contributed by atoms with E-state index < -0.39 is 80.0 Å². The largest absolute Gasteiger partial charge is 2.00 e. The van der Waals surface area contributed by atoms with Crippen LogP contribution in [0.4, 0.5) is 0 Å². The van der Waals surface area contributed by atoms with Gasteiger partial charge >= 0.3 is 93.4 Å². The third-order valence-electron chi connectivity index (χ3n) is 3.32. The maximum atomic E-state index is 10.1. The van der Waals surface area contributed by atoms with E-state index in [0.29, 0.717) is 0 Å². The molecular formula is C15H34Ca2O16. The van der Waals surface area contributed by atoms with Crippen LogP contribution in [0.15, 0.2) is 0 Å². The Morgan fingerprint density at radius 2 is 0.818 bits per heavy atom. The minimum atomic E-state index is -2.20. The standard InChI is InChI=1S/2C6H12O7.C3H6O2.2Ca.4H/c2*7-1-2(8)3(9)4(10)5(11)6(12)13;1-2-3(4)5;;;;;;/h2*2-5,7-11H,1H2,(H,12,13);2H2,1H3,(H,4,5);;;;;;/q;;;2*+2;4*-1/t2*2-,3-,4+,5-;;;;;;;/m11......./s1. The molecule has 0 aliphatic rings. The summed E-state index contributed by atoms with van der Waals surface area (Å²) < 4.78 is 0. The van der Waals surface area contributed by atoms with Gasteiger partial charge in [0.1, 0.15) is 36.6 Å². The molecule has 18 heteroatoms. The summed E-state index contributed by atoms with van der Waals surface area (Å²) in [5.41, 5.74) is 0. The summed E-state index contributed by atoms with van der Waals surface area (Å²) in [5, 5.41) is 111. The Labute approximate surface area is 253 Å². The van der Waals surface area contributed by atoms with Crippen molar-refractivity contribution in [3.05, 3.63) is 0 Å². The third kappa shape index (κ3) is 20.4. The topological polar surface area (TPSA) is 314 Å². The van der Waals surface area contributed by atoms with Crippen molar-refractivity contribution in [1.29, 1.82) is 0 Å². The first kappa shape index (κ1) is 43.6. The number of carbonyl (C=O) groups is 3. The van der Waals surface area contributed by atoms with Crippen LogP contribution >= 0.6 is 0 Å². The van der Waals surface area contributed by atoms with Gasteiger partial charge in [-0.15, -0.1) is 0 Å². The quantitative estimate of drug-likeness (QED) is 0.106. The predicted molar refractivity (Wildman–Crippen MR) is 111 cm³/mol. The summed E-state index contributed by atoms with van der Waals surface area (Å²) in [6.07, 6.45) is -15.5. The van der Waals surface area contributed by atoms with E-state index in [1.54, 1.807) is 6.92 Å². The third-order valence-corrected chi connectivity index (χ3v) is 3.32. The van der Waals surface area contributed by atoms with Crippen molar-refractivity contribution in [2.24, 2.45) is 0 Å². The summed E-state index contributed by atoms with van der Waals surface area (Å²) in [7, 11) is 0. The SMILES string of the molecule is CCC(=O)O.O=C(O)[C@H](O)[C@@H](O)[C@H](O)[C@H](O)CO.O=C(O)[C@H](O)[C@@H](O)[C@H](O)[C@H](O)CO.[Ca+2].[Ca+2].[H-].[H-].[H-].[H-]. The number of hydrogen-bond acceptors (Lipinski definition) is 13. The molecule has 0 spiro atoms. The smallest absolute Gasteiger partial charge is 1.00 e. The van der Waals surface area contributed by atoms with Crippen molar-refractivity contribution in [3.8, 4) is 0 Å². The van der Waals surface area contributed by atoms with Crippen molar-refractivity contribution in [3.63, 3.8) is 0 Å². The zero-order chi connectivity index (χ0) is 25.5. The van der Waals surface area contributed by atoms with Gasteiger partial charge < -0.3 is 72.1 Å². The second-order valence-corrected chi connectivity index (χ2v) is 5.78. The zero-order valence-electron chi connectivity index (χ0n) is 21.7. The molecule has 0 fully saturated rings. The van der Waals surface area contributed by atoms with Crippen LogP contribution < -0.4 is 0 Å². The van der Waals surface area contributed by atoms with Crippen molar-refractivity contribution < 1.29 is 86.5 Å². The maximum Gasteiger partial charge on any atom is 2.00 e. The molecule has 8 atom stereocenters. The summed E-state index contributed by atoms with van der Waals surface area (Å²) in [6, 6.07) is 0. The van der Waals surface area contributed by atoms with Gasteiger partial charge in [-0.3, -0.25) is 4.79 Å². The summed E-state index contributed by atoms with van der Waals surface area (Å²) in [4.78, 5) is 29.5. The van der Waals surface area contributed by atoms with Crippen LogP contribution in [-0.2, 0) is 14.4 Å². The van der Waals surface area contributed by atoms with Crippen LogP contribution in [0.2, 0.25) is 0 Å². The molecule has 0 aromatic rings. The van der Waals surface area contributed by atoms with Gasteiger partial charge in [0.2, 0.25) is 0 Å². The molecular weight excluding hydrogens is 516 g/mol. The number of aliphatic carboxylic acids is 3.